The Hall–Kier alpha value is -1.15. The molecule has 1 aromatic carbocycles. The zero-order valence-corrected chi connectivity index (χ0v) is 10.6. The summed E-state index contributed by atoms with van der Waals surface area (Å²) in [5.74, 6) is 0.974. The Kier molecular flexibility index (Phi) is 3.95. The molecule has 17 heavy (non-hydrogen) atoms. The lowest BCUT2D eigenvalue weighted by Gasteiger charge is -2.21. The molecule has 0 N–H and O–H groups in total. The van der Waals surface area contributed by atoms with Crippen molar-refractivity contribution >= 4 is 5.78 Å². The van der Waals surface area contributed by atoms with E-state index in [9.17, 15) is 4.79 Å². The molecule has 0 amide bonds. The van der Waals surface area contributed by atoms with E-state index in [1.807, 2.05) is 0 Å². The number of benzene rings is 1. The van der Waals surface area contributed by atoms with Crippen LogP contribution < -0.4 is 0 Å². The van der Waals surface area contributed by atoms with E-state index < -0.39 is 0 Å². The Labute approximate surface area is 103 Å². The lowest BCUT2D eigenvalue weighted by Crippen LogP contribution is -2.29. The highest BCUT2D eigenvalue weighted by Crippen LogP contribution is 2.19. The Morgan fingerprint density at radius 1 is 1.29 bits per heavy atom. The van der Waals surface area contributed by atoms with Gasteiger partial charge in [0.15, 0.2) is 0 Å². The van der Waals surface area contributed by atoms with Crippen molar-refractivity contribution in [3.05, 3.63) is 35.4 Å². The van der Waals surface area contributed by atoms with Crippen LogP contribution in [-0.4, -0.2) is 19.0 Å². The molecule has 1 aliphatic rings. The predicted octanol–water partition coefficient (Wildman–Crippen LogP) is 2.96. The van der Waals surface area contributed by atoms with E-state index in [1.165, 1.54) is 11.1 Å². The molecule has 0 radical (unpaired) electrons. The molecule has 0 aromatic heterocycles. The fourth-order valence-corrected chi connectivity index (χ4v) is 2.19. The summed E-state index contributed by atoms with van der Waals surface area (Å²) in [5, 5.41) is 0. The zero-order chi connectivity index (χ0) is 12.3. The summed E-state index contributed by atoms with van der Waals surface area (Å²) in [6.07, 6.45) is 1.39. The number of hydrogen-bond acceptors (Lipinski definition) is 2. The molecular weight excluding hydrogens is 212 g/mol. The third-order valence-corrected chi connectivity index (χ3v) is 3.40. The van der Waals surface area contributed by atoms with Gasteiger partial charge in [-0.05, 0) is 23.5 Å². The van der Waals surface area contributed by atoms with Gasteiger partial charge in [-0.25, -0.2) is 0 Å². The molecule has 92 valence electrons. The summed E-state index contributed by atoms with van der Waals surface area (Å²) in [6.45, 7) is 5.56. The maximum Gasteiger partial charge on any atom is 0.140 e. The van der Waals surface area contributed by atoms with E-state index in [4.69, 9.17) is 4.74 Å². The average Bonchev–Trinajstić information content (AvgIpc) is 2.33. The van der Waals surface area contributed by atoms with Crippen molar-refractivity contribution in [1.29, 1.82) is 0 Å². The molecule has 0 bridgehead atoms. The van der Waals surface area contributed by atoms with Gasteiger partial charge in [0.25, 0.3) is 0 Å². The largest absolute Gasteiger partial charge is 0.380 e. The maximum absolute atomic E-state index is 11.7. The van der Waals surface area contributed by atoms with Crippen molar-refractivity contribution in [1.82, 2.24) is 0 Å². The fourth-order valence-electron chi connectivity index (χ4n) is 2.19. The summed E-state index contributed by atoms with van der Waals surface area (Å²) in [5.41, 5.74) is 2.58. The van der Waals surface area contributed by atoms with E-state index in [2.05, 4.69) is 38.1 Å². The van der Waals surface area contributed by atoms with Crippen molar-refractivity contribution in [3.8, 4) is 0 Å². The van der Waals surface area contributed by atoms with Crippen molar-refractivity contribution < 1.29 is 9.53 Å². The molecule has 0 aliphatic carbocycles. The van der Waals surface area contributed by atoms with Gasteiger partial charge in [-0.15, -0.1) is 0 Å². The standard InChI is InChI=1S/C15H20O2/c1-11(2)13-5-3-12(4-6-13)9-14-10-17-8-7-15(14)16/h3-6,11,14H,7-10H2,1-2H3. The Bertz CT molecular complexity index is 378. The minimum absolute atomic E-state index is 0.0636. The molecule has 2 heteroatoms. The SMILES string of the molecule is CC(C)c1ccc(CC2COCCC2=O)cc1. The molecule has 1 fully saturated rings. The number of carbonyl (C=O) groups excluding carboxylic acids is 1. The normalized spacial score (nSPS) is 20.9. The Balaban J connectivity index is 2.00. The highest BCUT2D eigenvalue weighted by atomic mass is 16.5. The predicted molar refractivity (Wildman–Crippen MR) is 68.2 cm³/mol. The zero-order valence-electron chi connectivity index (χ0n) is 10.6. The van der Waals surface area contributed by atoms with E-state index in [-0.39, 0.29) is 5.92 Å². The van der Waals surface area contributed by atoms with Crippen molar-refractivity contribution in [2.45, 2.75) is 32.6 Å². The van der Waals surface area contributed by atoms with Gasteiger partial charge < -0.3 is 4.74 Å². The van der Waals surface area contributed by atoms with E-state index in [0.29, 0.717) is 31.3 Å². The molecule has 2 nitrogen and oxygen atoms in total. The highest BCUT2D eigenvalue weighted by molar-refractivity contribution is 5.82. The van der Waals surface area contributed by atoms with Crippen LogP contribution in [0.1, 0.15) is 37.3 Å². The molecule has 1 heterocycles. The van der Waals surface area contributed by atoms with Crippen LogP contribution in [0.15, 0.2) is 24.3 Å². The van der Waals surface area contributed by atoms with Gasteiger partial charge in [-0.3, -0.25) is 4.79 Å². The fraction of sp³-hybridized carbons (Fsp3) is 0.533. The quantitative estimate of drug-likeness (QED) is 0.801. The molecule has 1 aliphatic heterocycles. The van der Waals surface area contributed by atoms with Gasteiger partial charge in [0.05, 0.1) is 13.2 Å². The number of carbonyl (C=O) groups is 1. The highest BCUT2D eigenvalue weighted by Gasteiger charge is 2.22. The number of ketones is 1. The first-order valence-corrected chi connectivity index (χ1v) is 6.36. The molecule has 0 spiro atoms. The minimum Gasteiger partial charge on any atom is -0.380 e. The Morgan fingerprint density at radius 3 is 2.59 bits per heavy atom. The molecule has 1 atom stereocenters. The van der Waals surface area contributed by atoms with E-state index >= 15 is 0 Å². The first kappa shape index (κ1) is 12.3. The first-order chi connectivity index (χ1) is 8.16. The van der Waals surface area contributed by atoms with Crippen LogP contribution in [0.2, 0.25) is 0 Å². The lowest BCUT2D eigenvalue weighted by molar-refractivity contribution is -0.130. The van der Waals surface area contributed by atoms with Crippen molar-refractivity contribution in [3.63, 3.8) is 0 Å². The summed E-state index contributed by atoms with van der Waals surface area (Å²) in [7, 11) is 0. The van der Waals surface area contributed by atoms with Crippen LogP contribution in [0.3, 0.4) is 0 Å². The van der Waals surface area contributed by atoms with Crippen LogP contribution in [0.25, 0.3) is 0 Å². The lowest BCUT2D eigenvalue weighted by atomic mass is 9.92. The third kappa shape index (κ3) is 3.16. The van der Waals surface area contributed by atoms with Gasteiger partial charge >= 0.3 is 0 Å². The number of ether oxygens (including phenoxy) is 1. The van der Waals surface area contributed by atoms with Gasteiger partial charge in [-0.1, -0.05) is 38.1 Å². The maximum atomic E-state index is 11.7. The smallest absolute Gasteiger partial charge is 0.140 e. The number of Topliss-reactive ketones (excluding diaryl/α,β-unsaturated/α-hetero) is 1. The second kappa shape index (κ2) is 5.46. The number of rotatable bonds is 3. The van der Waals surface area contributed by atoms with E-state index in [1.54, 1.807) is 0 Å². The molecule has 0 saturated carbocycles. The molecule has 2 rings (SSSR count). The van der Waals surface area contributed by atoms with Gasteiger partial charge in [0, 0.05) is 12.3 Å². The molecule has 1 aromatic rings. The van der Waals surface area contributed by atoms with Crippen LogP contribution in [0, 0.1) is 5.92 Å². The topological polar surface area (TPSA) is 26.3 Å². The van der Waals surface area contributed by atoms with Crippen LogP contribution in [-0.2, 0) is 16.0 Å². The first-order valence-electron chi connectivity index (χ1n) is 6.36. The monoisotopic (exact) mass is 232 g/mol. The third-order valence-electron chi connectivity index (χ3n) is 3.40. The van der Waals surface area contributed by atoms with Crippen LogP contribution in [0.4, 0.5) is 0 Å². The Morgan fingerprint density at radius 2 is 2.00 bits per heavy atom. The second-order valence-electron chi connectivity index (χ2n) is 5.09. The van der Waals surface area contributed by atoms with Gasteiger partial charge in [0.2, 0.25) is 0 Å². The van der Waals surface area contributed by atoms with E-state index in [0.717, 1.165) is 6.42 Å². The molecular formula is C15H20O2. The van der Waals surface area contributed by atoms with Gasteiger partial charge in [0.1, 0.15) is 5.78 Å². The van der Waals surface area contributed by atoms with Gasteiger partial charge in [-0.2, -0.15) is 0 Å². The molecule has 1 unspecified atom stereocenters. The summed E-state index contributed by atoms with van der Waals surface area (Å²) >= 11 is 0. The summed E-state index contributed by atoms with van der Waals surface area (Å²) < 4.78 is 5.37. The average molecular weight is 232 g/mol. The summed E-state index contributed by atoms with van der Waals surface area (Å²) in [6, 6.07) is 8.59. The minimum atomic E-state index is 0.0636. The summed E-state index contributed by atoms with van der Waals surface area (Å²) in [4.78, 5) is 11.7. The van der Waals surface area contributed by atoms with Crippen molar-refractivity contribution in [2.24, 2.45) is 5.92 Å². The molecule has 1 saturated heterocycles. The van der Waals surface area contributed by atoms with Crippen LogP contribution in [0.5, 0.6) is 0 Å². The number of hydrogen-bond donors (Lipinski definition) is 0. The van der Waals surface area contributed by atoms with Crippen molar-refractivity contribution in [2.75, 3.05) is 13.2 Å². The van der Waals surface area contributed by atoms with Crippen LogP contribution >= 0.6 is 0 Å². The second-order valence-corrected chi connectivity index (χ2v) is 5.09.